The van der Waals surface area contributed by atoms with Crippen molar-refractivity contribution >= 4 is 42.1 Å². The van der Waals surface area contributed by atoms with Crippen molar-refractivity contribution in [3.8, 4) is 0 Å². The van der Waals surface area contributed by atoms with Gasteiger partial charge in [-0.3, -0.25) is 9.36 Å². The van der Waals surface area contributed by atoms with Crippen molar-refractivity contribution < 1.29 is 23.4 Å². The van der Waals surface area contributed by atoms with Gasteiger partial charge in [-0.25, -0.2) is 20.0 Å². The van der Waals surface area contributed by atoms with Gasteiger partial charge >= 0.3 is 5.97 Å². The lowest BCUT2D eigenvalue weighted by atomic mass is 10.2. The number of nitrogens with one attached hydrogen (secondary N) is 1. The standard InChI is InChI=1S/C22H30ClN6O5P/c1-14(2)34-22(30)16(4)28-35(31,33-10-17-6-5-7-18(23)8-17)13-32-15(3)9-29-12-27-19-20(24)25-11-26-21(19)29/h5-8,11-12,14-16H,9-10,13H2,1-4H3,(H,28,31)(H2,24,25,26)/t15-,16+,35?/m1/s1. The van der Waals surface area contributed by atoms with Gasteiger partial charge in [-0.05, 0) is 45.4 Å². The third-order valence-electron chi connectivity index (χ3n) is 4.84. The molecule has 0 bridgehead atoms. The van der Waals surface area contributed by atoms with Gasteiger partial charge in [0.05, 0.1) is 31.7 Å². The van der Waals surface area contributed by atoms with E-state index >= 15 is 0 Å². The minimum atomic E-state index is -3.64. The highest BCUT2D eigenvalue weighted by Gasteiger charge is 2.31. The number of rotatable bonds is 12. The first kappa shape index (κ1) is 27.0. The molecule has 0 amide bonds. The number of nitrogens with two attached hydrogens (primary N) is 1. The molecule has 1 unspecified atom stereocenters. The monoisotopic (exact) mass is 524 g/mol. The molecule has 190 valence electrons. The Kier molecular flexibility index (Phi) is 9.21. The molecule has 0 radical (unpaired) electrons. The maximum atomic E-state index is 13.7. The van der Waals surface area contributed by atoms with Crippen LogP contribution in [0.1, 0.15) is 33.3 Å². The number of fused-ring (bicyclic) bond motifs is 1. The number of nitrogens with zero attached hydrogens (tertiary/aromatic N) is 4. The van der Waals surface area contributed by atoms with Crippen molar-refractivity contribution in [1.82, 2.24) is 24.6 Å². The summed E-state index contributed by atoms with van der Waals surface area (Å²) < 4.78 is 32.3. The lowest BCUT2D eigenvalue weighted by molar-refractivity contribution is -0.149. The Hall–Kier alpha value is -2.56. The van der Waals surface area contributed by atoms with Crippen molar-refractivity contribution in [1.29, 1.82) is 0 Å². The number of nitrogen functional groups attached to an aromatic ring is 1. The molecular weight excluding hydrogens is 495 g/mol. The second kappa shape index (κ2) is 11.9. The quantitative estimate of drug-likeness (QED) is 0.265. The first-order chi connectivity index (χ1) is 16.6. The van der Waals surface area contributed by atoms with Gasteiger partial charge < -0.3 is 24.3 Å². The molecular formula is C22H30ClN6O5P. The second-order valence-corrected chi connectivity index (χ2v) is 10.9. The van der Waals surface area contributed by atoms with Gasteiger partial charge in [0.1, 0.15) is 24.2 Å². The van der Waals surface area contributed by atoms with Gasteiger partial charge in [0.15, 0.2) is 11.5 Å². The number of aromatic nitrogens is 4. The summed E-state index contributed by atoms with van der Waals surface area (Å²) in [6.07, 6.45) is 1.97. The molecule has 3 N–H and O–H groups in total. The zero-order chi connectivity index (χ0) is 25.6. The minimum Gasteiger partial charge on any atom is -0.462 e. The van der Waals surface area contributed by atoms with E-state index in [1.54, 1.807) is 55.9 Å². The van der Waals surface area contributed by atoms with Crippen LogP contribution in [-0.2, 0) is 36.5 Å². The summed E-state index contributed by atoms with van der Waals surface area (Å²) in [6.45, 7) is 7.23. The van der Waals surface area contributed by atoms with Crippen LogP contribution in [0.2, 0.25) is 5.02 Å². The Morgan fingerprint density at radius 1 is 1.23 bits per heavy atom. The van der Waals surface area contributed by atoms with Crippen molar-refractivity contribution in [2.75, 3.05) is 12.1 Å². The molecule has 13 heteroatoms. The summed E-state index contributed by atoms with van der Waals surface area (Å²) in [4.78, 5) is 24.7. The molecule has 0 spiro atoms. The first-order valence-corrected chi connectivity index (χ1v) is 13.2. The molecule has 0 saturated carbocycles. The number of esters is 1. The highest BCUT2D eigenvalue weighted by molar-refractivity contribution is 7.56. The van der Waals surface area contributed by atoms with Crippen molar-refractivity contribution in [2.45, 2.75) is 59.1 Å². The number of benzene rings is 1. The first-order valence-electron chi connectivity index (χ1n) is 11.1. The number of halogens is 1. The van der Waals surface area contributed by atoms with E-state index in [2.05, 4.69) is 20.0 Å². The molecule has 1 aromatic carbocycles. The summed E-state index contributed by atoms with van der Waals surface area (Å²) in [5.74, 6) is -0.255. The van der Waals surface area contributed by atoms with E-state index in [0.717, 1.165) is 5.56 Å². The van der Waals surface area contributed by atoms with Crippen LogP contribution in [0.4, 0.5) is 5.82 Å². The molecule has 0 aliphatic rings. The molecule has 2 aromatic heterocycles. The lowest BCUT2D eigenvalue weighted by Gasteiger charge is -2.25. The third-order valence-corrected chi connectivity index (χ3v) is 6.89. The van der Waals surface area contributed by atoms with Crippen LogP contribution in [0.25, 0.3) is 11.2 Å². The lowest BCUT2D eigenvalue weighted by Crippen LogP contribution is -2.36. The van der Waals surface area contributed by atoms with E-state index in [0.29, 0.717) is 22.7 Å². The number of carbonyl (C=O) groups is 1. The number of carbonyl (C=O) groups excluding carboxylic acids is 1. The number of hydrogen-bond donors (Lipinski definition) is 2. The zero-order valence-electron chi connectivity index (χ0n) is 20.1. The predicted molar refractivity (Wildman–Crippen MR) is 133 cm³/mol. The van der Waals surface area contributed by atoms with Gasteiger partial charge in [0, 0.05) is 5.02 Å². The summed E-state index contributed by atoms with van der Waals surface area (Å²) in [5, 5.41) is 3.31. The van der Waals surface area contributed by atoms with Crippen molar-refractivity contribution in [3.05, 3.63) is 47.5 Å². The molecule has 0 aliphatic heterocycles. The fourth-order valence-corrected chi connectivity index (χ4v) is 5.13. The molecule has 11 nitrogen and oxygen atoms in total. The molecule has 35 heavy (non-hydrogen) atoms. The highest BCUT2D eigenvalue weighted by atomic mass is 35.5. The number of anilines is 1. The van der Waals surface area contributed by atoms with E-state index < -0.39 is 25.6 Å². The Morgan fingerprint density at radius 2 is 2.00 bits per heavy atom. The summed E-state index contributed by atoms with van der Waals surface area (Å²) >= 11 is 6.04. The zero-order valence-corrected chi connectivity index (χ0v) is 21.7. The molecule has 2 heterocycles. The maximum Gasteiger partial charge on any atom is 0.323 e. The van der Waals surface area contributed by atoms with Crippen LogP contribution in [-0.4, -0.2) is 50.1 Å². The third kappa shape index (κ3) is 7.71. The average molecular weight is 525 g/mol. The number of ether oxygens (including phenoxy) is 2. The molecule has 0 aliphatic carbocycles. The second-order valence-electron chi connectivity index (χ2n) is 8.35. The fourth-order valence-electron chi connectivity index (χ4n) is 3.19. The van der Waals surface area contributed by atoms with Gasteiger partial charge in [0.25, 0.3) is 7.52 Å². The van der Waals surface area contributed by atoms with Gasteiger partial charge in [-0.1, -0.05) is 23.7 Å². The minimum absolute atomic E-state index is 0.0108. The van der Waals surface area contributed by atoms with Crippen LogP contribution in [0.5, 0.6) is 0 Å². The maximum absolute atomic E-state index is 13.7. The van der Waals surface area contributed by atoms with Crippen LogP contribution in [0, 0.1) is 0 Å². The van der Waals surface area contributed by atoms with E-state index in [1.165, 1.54) is 6.33 Å². The molecule has 0 fully saturated rings. The molecule has 3 rings (SSSR count). The topological polar surface area (TPSA) is 143 Å². The summed E-state index contributed by atoms with van der Waals surface area (Å²) in [6, 6.07) is 6.14. The van der Waals surface area contributed by atoms with E-state index in [-0.39, 0.29) is 24.9 Å². The van der Waals surface area contributed by atoms with E-state index in [1.807, 2.05) is 6.92 Å². The SMILES string of the molecule is CC(C)OC(=O)[C@H](C)NP(=O)(CO[C@H](C)Cn1cnc2c(N)ncnc21)OCc1cccc(Cl)c1. The van der Waals surface area contributed by atoms with Crippen molar-refractivity contribution in [3.63, 3.8) is 0 Å². The Morgan fingerprint density at radius 3 is 2.71 bits per heavy atom. The van der Waals surface area contributed by atoms with Crippen molar-refractivity contribution in [2.24, 2.45) is 0 Å². The predicted octanol–water partition coefficient (Wildman–Crippen LogP) is 3.76. The van der Waals surface area contributed by atoms with Gasteiger partial charge in [-0.15, -0.1) is 0 Å². The highest BCUT2D eigenvalue weighted by Crippen LogP contribution is 2.44. The van der Waals surface area contributed by atoms with Crippen LogP contribution in [0.15, 0.2) is 36.9 Å². The van der Waals surface area contributed by atoms with Crippen LogP contribution >= 0.6 is 19.1 Å². The smallest absolute Gasteiger partial charge is 0.323 e. The van der Waals surface area contributed by atoms with Gasteiger partial charge in [0.2, 0.25) is 0 Å². The molecule has 3 aromatic rings. The Labute approximate surface area is 208 Å². The number of imidazole rings is 1. The van der Waals surface area contributed by atoms with Crippen LogP contribution < -0.4 is 10.8 Å². The normalized spacial score (nSPS) is 15.1. The average Bonchev–Trinajstić information content (AvgIpc) is 3.20. The summed E-state index contributed by atoms with van der Waals surface area (Å²) in [5.41, 5.74) is 7.63. The Bertz CT molecular complexity index is 1210. The molecule has 3 atom stereocenters. The largest absolute Gasteiger partial charge is 0.462 e. The number of hydrogen-bond acceptors (Lipinski definition) is 9. The fraction of sp³-hybridized carbons (Fsp3) is 0.455. The molecule has 0 saturated heterocycles. The summed E-state index contributed by atoms with van der Waals surface area (Å²) in [7, 11) is -3.64. The van der Waals surface area contributed by atoms with E-state index in [9.17, 15) is 9.36 Å². The Balaban J connectivity index is 1.68. The van der Waals surface area contributed by atoms with Crippen LogP contribution in [0.3, 0.4) is 0 Å². The van der Waals surface area contributed by atoms with E-state index in [4.69, 9.17) is 31.3 Å². The van der Waals surface area contributed by atoms with Gasteiger partial charge in [-0.2, -0.15) is 0 Å².